The molecule has 32 heavy (non-hydrogen) atoms. The molecule has 2 amide bonds. The van der Waals surface area contributed by atoms with Gasteiger partial charge in [-0.1, -0.05) is 23.7 Å². The molecule has 2 aliphatic heterocycles. The standard InChI is InChI=1S/C21H20ClF2N3O4S/c22-16-12-15(5-6-17(16)23)32(30,31)26-9-7-25(8-10-26)21(29)14-11-20(28)27(13-14)19-4-2-1-3-18(19)24/h1-6,12,14H,7-11,13H2/t14-/m0/s1. The number of benzene rings is 2. The monoisotopic (exact) mass is 483 g/mol. The quantitative estimate of drug-likeness (QED) is 0.669. The molecule has 0 aliphatic carbocycles. The molecular weight excluding hydrogens is 464 g/mol. The second-order valence-electron chi connectivity index (χ2n) is 7.66. The summed E-state index contributed by atoms with van der Waals surface area (Å²) in [6.45, 7) is 0.488. The highest BCUT2D eigenvalue weighted by molar-refractivity contribution is 7.89. The Morgan fingerprint density at radius 2 is 1.69 bits per heavy atom. The second kappa shape index (κ2) is 8.76. The van der Waals surface area contributed by atoms with Gasteiger partial charge in [0.15, 0.2) is 0 Å². The Morgan fingerprint density at radius 3 is 2.34 bits per heavy atom. The first-order valence-electron chi connectivity index (χ1n) is 9.97. The van der Waals surface area contributed by atoms with Gasteiger partial charge in [-0.15, -0.1) is 0 Å². The fourth-order valence-electron chi connectivity index (χ4n) is 3.97. The van der Waals surface area contributed by atoms with Gasteiger partial charge in [-0.25, -0.2) is 17.2 Å². The maximum Gasteiger partial charge on any atom is 0.243 e. The van der Waals surface area contributed by atoms with E-state index in [0.717, 1.165) is 18.2 Å². The lowest BCUT2D eigenvalue weighted by atomic mass is 10.1. The Labute approximate surface area is 189 Å². The number of hydrogen-bond acceptors (Lipinski definition) is 4. The summed E-state index contributed by atoms with van der Waals surface area (Å²) < 4.78 is 54.3. The van der Waals surface area contributed by atoms with Crippen LogP contribution in [0.4, 0.5) is 14.5 Å². The molecule has 0 unspecified atom stereocenters. The van der Waals surface area contributed by atoms with E-state index in [2.05, 4.69) is 0 Å². The van der Waals surface area contributed by atoms with Gasteiger partial charge in [0.1, 0.15) is 11.6 Å². The minimum Gasteiger partial charge on any atom is -0.340 e. The molecule has 0 radical (unpaired) electrons. The number of anilines is 1. The molecule has 2 aromatic rings. The van der Waals surface area contributed by atoms with E-state index < -0.39 is 27.6 Å². The average molecular weight is 484 g/mol. The van der Waals surface area contributed by atoms with E-state index in [1.54, 1.807) is 6.07 Å². The van der Waals surface area contributed by atoms with E-state index in [0.29, 0.717) is 0 Å². The van der Waals surface area contributed by atoms with Crippen molar-refractivity contribution in [1.29, 1.82) is 0 Å². The van der Waals surface area contributed by atoms with Gasteiger partial charge in [0, 0.05) is 39.1 Å². The van der Waals surface area contributed by atoms with Crippen LogP contribution in [-0.2, 0) is 19.6 Å². The molecule has 2 fully saturated rings. The van der Waals surface area contributed by atoms with Crippen LogP contribution in [0.2, 0.25) is 5.02 Å². The summed E-state index contributed by atoms with van der Waals surface area (Å²) in [4.78, 5) is 28.0. The summed E-state index contributed by atoms with van der Waals surface area (Å²) in [6, 6.07) is 9.09. The van der Waals surface area contributed by atoms with Crippen molar-refractivity contribution in [3.8, 4) is 0 Å². The van der Waals surface area contributed by atoms with Gasteiger partial charge in [0.25, 0.3) is 0 Å². The van der Waals surface area contributed by atoms with E-state index in [-0.39, 0.29) is 66.6 Å². The first-order chi connectivity index (χ1) is 15.2. The lowest BCUT2D eigenvalue weighted by Crippen LogP contribution is -2.52. The molecule has 4 rings (SSSR count). The molecule has 0 N–H and O–H groups in total. The Bertz CT molecular complexity index is 1170. The zero-order valence-electron chi connectivity index (χ0n) is 16.9. The fourth-order valence-corrected chi connectivity index (χ4v) is 5.66. The van der Waals surface area contributed by atoms with E-state index >= 15 is 0 Å². The highest BCUT2D eigenvalue weighted by atomic mass is 35.5. The van der Waals surface area contributed by atoms with Gasteiger partial charge in [-0.3, -0.25) is 9.59 Å². The van der Waals surface area contributed by atoms with Crippen molar-refractivity contribution in [3.05, 3.63) is 59.1 Å². The van der Waals surface area contributed by atoms with Crippen molar-refractivity contribution in [1.82, 2.24) is 9.21 Å². The zero-order valence-corrected chi connectivity index (χ0v) is 18.5. The number of para-hydroxylation sites is 1. The first kappa shape index (κ1) is 22.6. The first-order valence-corrected chi connectivity index (χ1v) is 11.8. The van der Waals surface area contributed by atoms with Crippen LogP contribution in [0, 0.1) is 17.6 Å². The Hall–Kier alpha value is -2.56. The summed E-state index contributed by atoms with van der Waals surface area (Å²) in [7, 11) is -3.89. The maximum atomic E-state index is 14.1. The highest BCUT2D eigenvalue weighted by Gasteiger charge is 2.39. The largest absolute Gasteiger partial charge is 0.340 e. The number of piperazine rings is 1. The molecule has 11 heteroatoms. The van der Waals surface area contributed by atoms with Crippen LogP contribution in [0.1, 0.15) is 6.42 Å². The van der Waals surface area contributed by atoms with Gasteiger partial charge in [-0.2, -0.15) is 4.31 Å². The van der Waals surface area contributed by atoms with Crippen LogP contribution in [-0.4, -0.2) is 62.2 Å². The van der Waals surface area contributed by atoms with Crippen molar-refractivity contribution in [2.45, 2.75) is 11.3 Å². The summed E-state index contributed by atoms with van der Waals surface area (Å²) in [5.41, 5.74) is 0.140. The predicted octanol–water partition coefficient (Wildman–Crippen LogP) is 2.50. The fraction of sp³-hybridized carbons (Fsp3) is 0.333. The van der Waals surface area contributed by atoms with Crippen molar-refractivity contribution in [3.63, 3.8) is 0 Å². The second-order valence-corrected chi connectivity index (χ2v) is 10.0. The van der Waals surface area contributed by atoms with E-state index in [4.69, 9.17) is 11.6 Å². The molecule has 0 spiro atoms. The maximum absolute atomic E-state index is 14.1. The Morgan fingerprint density at radius 1 is 1.00 bits per heavy atom. The van der Waals surface area contributed by atoms with Gasteiger partial charge in [0.2, 0.25) is 21.8 Å². The van der Waals surface area contributed by atoms with E-state index in [1.165, 1.54) is 32.3 Å². The van der Waals surface area contributed by atoms with Crippen molar-refractivity contribution >= 4 is 39.1 Å². The molecule has 0 aromatic heterocycles. The van der Waals surface area contributed by atoms with Crippen LogP contribution >= 0.6 is 11.6 Å². The average Bonchev–Trinajstić information content (AvgIpc) is 3.16. The van der Waals surface area contributed by atoms with Gasteiger partial charge in [0.05, 0.1) is 21.5 Å². The smallest absolute Gasteiger partial charge is 0.243 e. The summed E-state index contributed by atoms with van der Waals surface area (Å²) in [5.74, 6) is -2.46. The Kier molecular flexibility index (Phi) is 6.19. The number of sulfonamides is 1. The molecule has 7 nitrogen and oxygen atoms in total. The number of halogens is 3. The van der Waals surface area contributed by atoms with Gasteiger partial charge in [-0.05, 0) is 30.3 Å². The minimum absolute atomic E-state index is 0.0280. The minimum atomic E-state index is -3.89. The normalized spacial score (nSPS) is 20.1. The van der Waals surface area contributed by atoms with E-state index in [1.807, 2.05) is 0 Å². The third kappa shape index (κ3) is 4.22. The summed E-state index contributed by atoms with van der Waals surface area (Å²) in [6.07, 6.45) is -0.0280. The molecule has 0 saturated carbocycles. The number of carbonyl (C=O) groups excluding carboxylic acids is 2. The molecule has 2 heterocycles. The number of amides is 2. The molecule has 2 aromatic carbocycles. The number of hydrogen-bond donors (Lipinski definition) is 0. The predicted molar refractivity (Wildman–Crippen MR) is 114 cm³/mol. The van der Waals surface area contributed by atoms with Crippen LogP contribution in [0.15, 0.2) is 47.4 Å². The lowest BCUT2D eigenvalue weighted by molar-refractivity contribution is -0.136. The summed E-state index contributed by atoms with van der Waals surface area (Å²) in [5, 5.41) is -0.287. The molecule has 0 bridgehead atoms. The topological polar surface area (TPSA) is 78.0 Å². The lowest BCUT2D eigenvalue weighted by Gasteiger charge is -2.35. The van der Waals surface area contributed by atoms with Crippen LogP contribution < -0.4 is 4.90 Å². The van der Waals surface area contributed by atoms with Crippen molar-refractivity contribution in [2.75, 3.05) is 37.6 Å². The number of rotatable bonds is 4. The van der Waals surface area contributed by atoms with E-state index in [9.17, 15) is 26.8 Å². The Balaban J connectivity index is 1.40. The van der Waals surface area contributed by atoms with Gasteiger partial charge >= 0.3 is 0 Å². The van der Waals surface area contributed by atoms with Crippen LogP contribution in [0.3, 0.4) is 0 Å². The third-order valence-corrected chi connectivity index (χ3v) is 7.88. The van der Waals surface area contributed by atoms with Crippen molar-refractivity contribution < 1.29 is 26.8 Å². The SMILES string of the molecule is O=C([C@H]1CC(=O)N(c2ccccc2F)C1)N1CCN(S(=O)(=O)c2ccc(F)c(Cl)c2)CC1. The molecule has 1 atom stereocenters. The van der Waals surface area contributed by atoms with Crippen LogP contribution in [0.25, 0.3) is 0 Å². The van der Waals surface area contributed by atoms with Crippen LogP contribution in [0.5, 0.6) is 0 Å². The number of nitrogens with zero attached hydrogens (tertiary/aromatic N) is 3. The zero-order chi connectivity index (χ0) is 23.0. The van der Waals surface area contributed by atoms with Crippen molar-refractivity contribution in [2.24, 2.45) is 5.92 Å². The highest BCUT2D eigenvalue weighted by Crippen LogP contribution is 2.29. The molecular formula is C21H20ClF2N3O4S. The molecule has 2 aliphatic rings. The molecule has 2 saturated heterocycles. The molecule has 170 valence electrons. The van der Waals surface area contributed by atoms with Gasteiger partial charge < -0.3 is 9.80 Å². The summed E-state index contributed by atoms with van der Waals surface area (Å²) >= 11 is 5.71. The number of carbonyl (C=O) groups is 2. The third-order valence-electron chi connectivity index (χ3n) is 5.70.